The van der Waals surface area contributed by atoms with E-state index in [-0.39, 0.29) is 0 Å². The van der Waals surface area contributed by atoms with Crippen LogP contribution < -0.4 is 0 Å². The predicted octanol–water partition coefficient (Wildman–Crippen LogP) is 0.530. The van der Waals surface area contributed by atoms with Crippen molar-refractivity contribution >= 4 is 11.6 Å². The van der Waals surface area contributed by atoms with Gasteiger partial charge in [0.15, 0.2) is 0 Å². The van der Waals surface area contributed by atoms with E-state index in [0.717, 1.165) is 0 Å². The third-order valence-electron chi connectivity index (χ3n) is 1.47. The zero-order valence-electron chi connectivity index (χ0n) is 4.80. The third kappa shape index (κ3) is 0.942. The van der Waals surface area contributed by atoms with Crippen LogP contribution in [-0.2, 0) is 14.2 Å². The average Bonchev–Trinajstić information content (AvgIpc) is 1.90. The summed E-state index contributed by atoms with van der Waals surface area (Å²) in [4.78, 5) is 0. The number of fused-ring (bicyclic) bond motifs is 3. The van der Waals surface area contributed by atoms with Gasteiger partial charge in [0.1, 0.15) is 0 Å². The van der Waals surface area contributed by atoms with E-state index < -0.39 is 5.43 Å². The molecule has 3 saturated heterocycles. The summed E-state index contributed by atoms with van der Waals surface area (Å²) in [6, 6.07) is 0. The van der Waals surface area contributed by atoms with Gasteiger partial charge in [-0.2, -0.15) is 0 Å². The van der Waals surface area contributed by atoms with Gasteiger partial charge in [0.25, 0.3) is 0 Å². The Bertz CT molecular complexity index is 106. The molecule has 0 radical (unpaired) electrons. The molecule has 0 atom stereocenters. The first-order valence-corrected chi connectivity index (χ1v) is 3.27. The summed E-state index contributed by atoms with van der Waals surface area (Å²) in [7, 11) is 0. The zero-order chi connectivity index (χ0) is 6.32. The number of ether oxygens (including phenoxy) is 3. The number of hydrogen-bond acceptors (Lipinski definition) is 3. The molecular formula is C5H7ClO3. The molecule has 3 heterocycles. The molecule has 0 spiro atoms. The molecule has 3 nitrogen and oxygen atoms in total. The molecule has 0 aromatic carbocycles. The summed E-state index contributed by atoms with van der Waals surface area (Å²) >= 11 is 5.63. The van der Waals surface area contributed by atoms with Gasteiger partial charge in [0, 0.05) is 5.92 Å². The molecular weight excluding hydrogens is 144 g/mol. The lowest BCUT2D eigenvalue weighted by Gasteiger charge is -2.40. The molecule has 3 rings (SSSR count). The van der Waals surface area contributed by atoms with Gasteiger partial charge in [-0.3, -0.25) is 0 Å². The molecule has 0 aromatic rings. The highest BCUT2D eigenvalue weighted by atomic mass is 35.5. The average molecular weight is 151 g/mol. The minimum atomic E-state index is -1.24. The molecule has 0 unspecified atom stereocenters. The maximum atomic E-state index is 5.63. The first-order valence-electron chi connectivity index (χ1n) is 2.89. The Morgan fingerprint density at radius 2 is 1.56 bits per heavy atom. The second-order valence-electron chi connectivity index (χ2n) is 2.28. The monoisotopic (exact) mass is 150 g/mol. The van der Waals surface area contributed by atoms with Crippen molar-refractivity contribution in [2.75, 3.05) is 19.8 Å². The molecule has 0 N–H and O–H groups in total. The number of halogens is 1. The summed E-state index contributed by atoms with van der Waals surface area (Å²) in [5.74, 6) is 0.380. The molecule has 0 saturated carbocycles. The Kier molecular flexibility index (Phi) is 1.20. The summed E-state index contributed by atoms with van der Waals surface area (Å²) in [6.45, 7) is 1.97. The first kappa shape index (κ1) is 5.92. The topological polar surface area (TPSA) is 27.7 Å². The van der Waals surface area contributed by atoms with Gasteiger partial charge in [-0.1, -0.05) is 0 Å². The van der Waals surface area contributed by atoms with Crippen LogP contribution in [0, 0.1) is 5.92 Å². The lowest BCUT2D eigenvalue weighted by Crippen LogP contribution is -2.50. The van der Waals surface area contributed by atoms with Crippen molar-refractivity contribution in [2.45, 2.75) is 5.43 Å². The Morgan fingerprint density at radius 3 is 1.78 bits per heavy atom. The van der Waals surface area contributed by atoms with Crippen LogP contribution in [0.3, 0.4) is 0 Å². The van der Waals surface area contributed by atoms with Crippen molar-refractivity contribution in [1.29, 1.82) is 0 Å². The first-order chi connectivity index (χ1) is 4.29. The Labute approximate surface area is 57.8 Å². The van der Waals surface area contributed by atoms with E-state index in [1.807, 2.05) is 0 Å². The van der Waals surface area contributed by atoms with E-state index in [1.54, 1.807) is 0 Å². The van der Waals surface area contributed by atoms with Crippen LogP contribution in [0.15, 0.2) is 0 Å². The highest BCUT2D eigenvalue weighted by Crippen LogP contribution is 2.32. The van der Waals surface area contributed by atoms with E-state index in [4.69, 9.17) is 25.8 Å². The van der Waals surface area contributed by atoms with Gasteiger partial charge >= 0.3 is 5.43 Å². The maximum Gasteiger partial charge on any atom is 0.370 e. The lowest BCUT2D eigenvalue weighted by atomic mass is 10.2. The molecule has 0 amide bonds. The van der Waals surface area contributed by atoms with E-state index in [2.05, 4.69) is 0 Å². The maximum absolute atomic E-state index is 5.63. The SMILES string of the molecule is ClC12OCC(CO1)CO2. The van der Waals surface area contributed by atoms with Gasteiger partial charge < -0.3 is 14.2 Å². The third-order valence-corrected chi connectivity index (χ3v) is 1.80. The van der Waals surface area contributed by atoms with Crippen molar-refractivity contribution in [2.24, 2.45) is 5.92 Å². The van der Waals surface area contributed by atoms with Crippen molar-refractivity contribution in [3.8, 4) is 0 Å². The van der Waals surface area contributed by atoms with E-state index in [0.29, 0.717) is 25.7 Å². The lowest BCUT2D eigenvalue weighted by molar-refractivity contribution is -0.400. The fraction of sp³-hybridized carbons (Fsp3) is 1.00. The van der Waals surface area contributed by atoms with Crippen LogP contribution in [0.1, 0.15) is 0 Å². The molecule has 3 fully saturated rings. The number of alkyl halides is 1. The molecule has 52 valence electrons. The standard InChI is InChI=1S/C5H7ClO3/c6-5-7-1-4(2-8-5)3-9-5/h4H,1-3H2. The van der Waals surface area contributed by atoms with Gasteiger partial charge in [0.05, 0.1) is 19.8 Å². The minimum Gasteiger partial charge on any atom is -0.314 e. The van der Waals surface area contributed by atoms with Crippen LogP contribution in [0.4, 0.5) is 0 Å². The highest BCUT2D eigenvalue weighted by Gasteiger charge is 2.43. The molecule has 0 aliphatic carbocycles. The number of hydrogen-bond donors (Lipinski definition) is 0. The van der Waals surface area contributed by atoms with E-state index >= 15 is 0 Å². The molecule has 3 aliphatic rings. The Hall–Kier alpha value is 0.170. The molecule has 3 aliphatic heterocycles. The van der Waals surface area contributed by atoms with Crippen molar-refractivity contribution < 1.29 is 14.2 Å². The van der Waals surface area contributed by atoms with Gasteiger partial charge in [-0.25, -0.2) is 0 Å². The predicted molar refractivity (Wildman–Crippen MR) is 29.9 cm³/mol. The normalized spacial score (nSPS) is 49.7. The van der Waals surface area contributed by atoms with Gasteiger partial charge in [-0.05, 0) is 11.6 Å². The molecule has 4 heteroatoms. The molecule has 0 aromatic heterocycles. The smallest absolute Gasteiger partial charge is 0.314 e. The van der Waals surface area contributed by atoms with Crippen LogP contribution in [0.2, 0.25) is 0 Å². The molecule has 2 bridgehead atoms. The zero-order valence-corrected chi connectivity index (χ0v) is 5.56. The van der Waals surface area contributed by atoms with Crippen LogP contribution in [0.5, 0.6) is 0 Å². The van der Waals surface area contributed by atoms with Crippen molar-refractivity contribution in [3.05, 3.63) is 0 Å². The van der Waals surface area contributed by atoms with Crippen LogP contribution in [-0.4, -0.2) is 25.3 Å². The fourth-order valence-corrected chi connectivity index (χ4v) is 1.11. The Balaban J connectivity index is 2.11. The fourth-order valence-electron chi connectivity index (χ4n) is 0.922. The summed E-state index contributed by atoms with van der Waals surface area (Å²) in [5, 5.41) is 0. The van der Waals surface area contributed by atoms with Gasteiger partial charge in [-0.15, -0.1) is 0 Å². The Morgan fingerprint density at radius 1 is 1.11 bits per heavy atom. The van der Waals surface area contributed by atoms with Crippen LogP contribution >= 0.6 is 11.6 Å². The van der Waals surface area contributed by atoms with E-state index in [1.165, 1.54) is 0 Å². The highest BCUT2D eigenvalue weighted by molar-refractivity contribution is 6.21. The second-order valence-corrected chi connectivity index (χ2v) is 2.74. The minimum absolute atomic E-state index is 0.380. The van der Waals surface area contributed by atoms with Gasteiger partial charge in [0.2, 0.25) is 0 Å². The van der Waals surface area contributed by atoms with Crippen molar-refractivity contribution in [3.63, 3.8) is 0 Å². The second kappa shape index (κ2) is 1.83. The van der Waals surface area contributed by atoms with Crippen molar-refractivity contribution in [1.82, 2.24) is 0 Å². The summed E-state index contributed by atoms with van der Waals surface area (Å²) < 4.78 is 15.0. The summed E-state index contributed by atoms with van der Waals surface area (Å²) in [6.07, 6.45) is 0. The number of rotatable bonds is 0. The quantitative estimate of drug-likeness (QED) is 0.472. The van der Waals surface area contributed by atoms with E-state index in [9.17, 15) is 0 Å². The molecule has 9 heavy (non-hydrogen) atoms. The summed E-state index contributed by atoms with van der Waals surface area (Å²) in [5.41, 5.74) is -1.24. The largest absolute Gasteiger partial charge is 0.370 e. The van der Waals surface area contributed by atoms with Crippen LogP contribution in [0.25, 0.3) is 0 Å².